The van der Waals surface area contributed by atoms with Crippen molar-refractivity contribution < 1.29 is 9.59 Å². The lowest BCUT2D eigenvalue weighted by Gasteiger charge is -2.10. The summed E-state index contributed by atoms with van der Waals surface area (Å²) in [5.41, 5.74) is 7.94. The van der Waals surface area contributed by atoms with Gasteiger partial charge in [-0.25, -0.2) is 0 Å². The van der Waals surface area contributed by atoms with Gasteiger partial charge in [0.2, 0.25) is 11.8 Å². The van der Waals surface area contributed by atoms with E-state index in [-0.39, 0.29) is 24.2 Å². The van der Waals surface area contributed by atoms with Gasteiger partial charge in [-0.1, -0.05) is 60.7 Å². The average Bonchev–Trinajstić information content (AvgIpc) is 3.43. The minimum atomic E-state index is -0.410. The standard InChI is InChI=1S/C22H20N2O2/c23-21(25)12-15-7-2-4-11-20(15)24-22(26)19-13-18(19)17-10-5-8-14-6-1-3-9-16(14)17/h1-11,18-19H,12-13H2,(H2,23,25)(H,24,26)/t18-,19-/m0/s1. The number of nitrogens with two attached hydrogens (primary N) is 1. The van der Waals surface area contributed by atoms with Crippen LogP contribution in [0.15, 0.2) is 66.7 Å². The third kappa shape index (κ3) is 3.18. The number of fused-ring (bicyclic) bond motifs is 1. The first-order chi connectivity index (χ1) is 12.6. The van der Waals surface area contributed by atoms with Crippen LogP contribution in [0.1, 0.15) is 23.5 Å². The summed E-state index contributed by atoms with van der Waals surface area (Å²) in [5, 5.41) is 5.39. The molecule has 0 aliphatic heterocycles. The predicted molar refractivity (Wildman–Crippen MR) is 103 cm³/mol. The molecular weight excluding hydrogens is 324 g/mol. The SMILES string of the molecule is NC(=O)Cc1ccccc1NC(=O)[C@H]1C[C@H]1c1cccc2ccccc12. The molecule has 3 N–H and O–H groups in total. The Labute approximate surface area is 152 Å². The summed E-state index contributed by atoms with van der Waals surface area (Å²) in [6.45, 7) is 0. The number of carbonyl (C=O) groups is 2. The quantitative estimate of drug-likeness (QED) is 0.742. The van der Waals surface area contributed by atoms with E-state index in [1.165, 1.54) is 16.3 Å². The molecule has 4 heteroatoms. The number of hydrogen-bond acceptors (Lipinski definition) is 2. The molecule has 0 heterocycles. The Bertz CT molecular complexity index is 991. The van der Waals surface area contributed by atoms with Gasteiger partial charge in [-0.15, -0.1) is 0 Å². The maximum Gasteiger partial charge on any atom is 0.228 e. The predicted octanol–water partition coefficient (Wildman–Crippen LogP) is 3.61. The van der Waals surface area contributed by atoms with Crippen molar-refractivity contribution in [3.63, 3.8) is 0 Å². The normalized spacial score (nSPS) is 18.5. The lowest BCUT2D eigenvalue weighted by atomic mass is 10.00. The first kappa shape index (κ1) is 16.3. The van der Waals surface area contributed by atoms with Gasteiger partial charge in [0, 0.05) is 11.6 Å². The number of benzene rings is 3. The molecule has 26 heavy (non-hydrogen) atoms. The second-order valence-corrected chi connectivity index (χ2v) is 6.81. The van der Waals surface area contributed by atoms with Gasteiger partial charge in [0.1, 0.15) is 0 Å². The molecule has 1 aliphatic carbocycles. The summed E-state index contributed by atoms with van der Waals surface area (Å²) in [4.78, 5) is 23.9. The van der Waals surface area contributed by atoms with Crippen LogP contribution in [0, 0.1) is 5.92 Å². The first-order valence-electron chi connectivity index (χ1n) is 8.78. The molecule has 0 spiro atoms. The van der Waals surface area contributed by atoms with Crippen LogP contribution in [-0.4, -0.2) is 11.8 Å². The average molecular weight is 344 g/mol. The molecule has 2 amide bonds. The Morgan fingerprint density at radius 1 is 0.962 bits per heavy atom. The molecule has 0 unspecified atom stereocenters. The van der Waals surface area contributed by atoms with Gasteiger partial charge < -0.3 is 11.1 Å². The van der Waals surface area contributed by atoms with E-state index < -0.39 is 5.91 Å². The van der Waals surface area contributed by atoms with E-state index in [0.29, 0.717) is 5.69 Å². The number of rotatable bonds is 5. The third-order valence-electron chi connectivity index (χ3n) is 4.99. The van der Waals surface area contributed by atoms with Crippen molar-refractivity contribution in [2.75, 3.05) is 5.32 Å². The number of nitrogens with one attached hydrogen (secondary N) is 1. The molecule has 130 valence electrons. The highest BCUT2D eigenvalue weighted by molar-refractivity contribution is 5.97. The fourth-order valence-corrected chi connectivity index (χ4v) is 3.61. The van der Waals surface area contributed by atoms with Crippen molar-refractivity contribution in [2.45, 2.75) is 18.8 Å². The number of primary amides is 1. The zero-order valence-electron chi connectivity index (χ0n) is 14.3. The van der Waals surface area contributed by atoms with E-state index in [0.717, 1.165) is 12.0 Å². The maximum atomic E-state index is 12.7. The van der Waals surface area contributed by atoms with Crippen LogP contribution in [-0.2, 0) is 16.0 Å². The van der Waals surface area contributed by atoms with Crippen LogP contribution in [0.5, 0.6) is 0 Å². The Kier molecular flexibility index (Phi) is 4.17. The van der Waals surface area contributed by atoms with Crippen molar-refractivity contribution in [1.82, 2.24) is 0 Å². The Balaban J connectivity index is 1.52. The molecule has 0 saturated heterocycles. The number of amides is 2. The van der Waals surface area contributed by atoms with E-state index in [4.69, 9.17) is 5.73 Å². The van der Waals surface area contributed by atoms with Crippen LogP contribution < -0.4 is 11.1 Å². The number of hydrogen-bond donors (Lipinski definition) is 2. The molecule has 4 rings (SSSR count). The monoisotopic (exact) mass is 344 g/mol. The topological polar surface area (TPSA) is 72.2 Å². The van der Waals surface area contributed by atoms with Crippen LogP contribution >= 0.6 is 0 Å². The van der Waals surface area contributed by atoms with Gasteiger partial charge in [-0.2, -0.15) is 0 Å². The Morgan fingerprint density at radius 3 is 2.54 bits per heavy atom. The summed E-state index contributed by atoms with van der Waals surface area (Å²) in [6, 6.07) is 21.8. The van der Waals surface area contributed by atoms with Gasteiger partial charge >= 0.3 is 0 Å². The lowest BCUT2D eigenvalue weighted by Crippen LogP contribution is -2.18. The van der Waals surface area contributed by atoms with Crippen molar-refractivity contribution in [3.05, 3.63) is 77.9 Å². The lowest BCUT2D eigenvalue weighted by molar-refractivity contribution is -0.118. The molecule has 1 aliphatic rings. The second-order valence-electron chi connectivity index (χ2n) is 6.81. The second kappa shape index (κ2) is 6.64. The van der Waals surface area contributed by atoms with Crippen LogP contribution in [0.25, 0.3) is 10.8 Å². The van der Waals surface area contributed by atoms with Gasteiger partial charge in [-0.05, 0) is 40.3 Å². The summed E-state index contributed by atoms with van der Waals surface area (Å²) in [6.07, 6.45) is 0.964. The Morgan fingerprint density at radius 2 is 1.69 bits per heavy atom. The van der Waals surface area contributed by atoms with Crippen molar-refractivity contribution >= 4 is 28.3 Å². The van der Waals surface area contributed by atoms with Crippen molar-refractivity contribution in [3.8, 4) is 0 Å². The van der Waals surface area contributed by atoms with E-state index >= 15 is 0 Å². The highest BCUT2D eigenvalue weighted by atomic mass is 16.2. The van der Waals surface area contributed by atoms with E-state index in [1.807, 2.05) is 42.5 Å². The van der Waals surface area contributed by atoms with E-state index in [9.17, 15) is 9.59 Å². The summed E-state index contributed by atoms with van der Waals surface area (Å²) >= 11 is 0. The number of carbonyl (C=O) groups excluding carboxylic acids is 2. The highest BCUT2D eigenvalue weighted by Crippen LogP contribution is 2.50. The van der Waals surface area contributed by atoms with Gasteiger partial charge in [0.05, 0.1) is 6.42 Å². The summed E-state index contributed by atoms with van der Waals surface area (Å²) in [7, 11) is 0. The minimum Gasteiger partial charge on any atom is -0.369 e. The molecule has 3 aromatic carbocycles. The Hall–Kier alpha value is -3.14. The molecule has 0 radical (unpaired) electrons. The number of para-hydroxylation sites is 1. The van der Waals surface area contributed by atoms with Crippen LogP contribution in [0.3, 0.4) is 0 Å². The fraction of sp³-hybridized carbons (Fsp3) is 0.182. The molecule has 0 bridgehead atoms. The minimum absolute atomic E-state index is 0.000135. The van der Waals surface area contributed by atoms with Crippen molar-refractivity contribution in [2.24, 2.45) is 11.7 Å². The molecule has 0 aromatic heterocycles. The van der Waals surface area contributed by atoms with Gasteiger partial charge in [0.25, 0.3) is 0 Å². The third-order valence-corrected chi connectivity index (χ3v) is 4.99. The molecule has 4 nitrogen and oxygen atoms in total. The molecule has 1 fully saturated rings. The van der Waals surface area contributed by atoms with Crippen LogP contribution in [0.2, 0.25) is 0 Å². The molecular formula is C22H20N2O2. The van der Waals surface area contributed by atoms with E-state index in [1.54, 1.807) is 0 Å². The van der Waals surface area contributed by atoms with Crippen LogP contribution in [0.4, 0.5) is 5.69 Å². The van der Waals surface area contributed by atoms with E-state index in [2.05, 4.69) is 29.6 Å². The fourth-order valence-electron chi connectivity index (χ4n) is 3.61. The summed E-state index contributed by atoms with van der Waals surface area (Å²) < 4.78 is 0. The largest absolute Gasteiger partial charge is 0.369 e. The molecule has 3 aromatic rings. The zero-order chi connectivity index (χ0) is 18.1. The maximum absolute atomic E-state index is 12.7. The van der Waals surface area contributed by atoms with Crippen molar-refractivity contribution in [1.29, 1.82) is 0 Å². The zero-order valence-corrected chi connectivity index (χ0v) is 14.3. The number of anilines is 1. The molecule has 2 atom stereocenters. The molecule has 1 saturated carbocycles. The first-order valence-corrected chi connectivity index (χ1v) is 8.78. The smallest absolute Gasteiger partial charge is 0.228 e. The highest BCUT2D eigenvalue weighted by Gasteiger charge is 2.44. The summed E-state index contributed by atoms with van der Waals surface area (Å²) in [5.74, 6) is -0.210. The van der Waals surface area contributed by atoms with Gasteiger partial charge in [0.15, 0.2) is 0 Å². The van der Waals surface area contributed by atoms with Gasteiger partial charge in [-0.3, -0.25) is 9.59 Å².